The summed E-state index contributed by atoms with van der Waals surface area (Å²) in [5.41, 5.74) is -0.286. The molecule has 0 heterocycles. The fourth-order valence-electron chi connectivity index (χ4n) is 2.63. The van der Waals surface area contributed by atoms with Crippen molar-refractivity contribution in [1.82, 2.24) is 10.0 Å². The molecule has 158 valence electrons. The fraction of sp³-hybridized carbons (Fsp3) is 0.350. The molecule has 0 spiro atoms. The molecule has 2 rings (SSSR count). The first-order valence-corrected chi connectivity index (χ1v) is 10.3. The average Bonchev–Trinajstić information content (AvgIpc) is 2.61. The van der Waals surface area contributed by atoms with E-state index in [0.717, 1.165) is 12.1 Å². The zero-order chi connectivity index (χ0) is 22.0. The van der Waals surface area contributed by atoms with Crippen molar-refractivity contribution < 1.29 is 26.7 Å². The molecule has 0 bridgehead atoms. The minimum Gasteiger partial charge on any atom is -0.495 e. The quantitative estimate of drug-likeness (QED) is 0.740. The molecule has 0 saturated carbocycles. The lowest BCUT2D eigenvalue weighted by Gasteiger charge is -2.21. The number of nitrogens with one attached hydrogen (secondary N) is 2. The Labute approximate surface area is 169 Å². The van der Waals surface area contributed by atoms with Crippen LogP contribution in [0, 0.1) is 11.6 Å². The second-order valence-electron chi connectivity index (χ2n) is 7.59. The standard InChI is InChI=1S/C20H24F2N2O4S/c1-12(13-6-8-15(21)16(22)10-13)23-19(25)14-7-9-17(28-5)18(11-14)29(26,27)24-20(2,3)4/h6-12,24H,1-5H3,(H,23,25). The van der Waals surface area contributed by atoms with Gasteiger partial charge in [-0.3, -0.25) is 4.79 Å². The van der Waals surface area contributed by atoms with Crippen molar-refractivity contribution in [2.24, 2.45) is 0 Å². The maximum absolute atomic E-state index is 13.4. The summed E-state index contributed by atoms with van der Waals surface area (Å²) in [6.45, 7) is 6.68. The highest BCUT2D eigenvalue weighted by molar-refractivity contribution is 7.89. The summed E-state index contributed by atoms with van der Waals surface area (Å²) in [5, 5.41) is 2.64. The van der Waals surface area contributed by atoms with E-state index in [1.807, 2.05) is 0 Å². The second kappa shape index (κ2) is 8.46. The highest BCUT2D eigenvalue weighted by Gasteiger charge is 2.26. The summed E-state index contributed by atoms with van der Waals surface area (Å²) in [6, 6.07) is 6.71. The van der Waals surface area contributed by atoms with E-state index in [9.17, 15) is 22.0 Å². The third kappa shape index (κ3) is 5.74. The van der Waals surface area contributed by atoms with Crippen molar-refractivity contribution in [3.63, 3.8) is 0 Å². The number of hydrogen-bond acceptors (Lipinski definition) is 4. The molecule has 0 saturated heterocycles. The molecule has 0 fully saturated rings. The van der Waals surface area contributed by atoms with E-state index >= 15 is 0 Å². The lowest BCUT2D eigenvalue weighted by atomic mass is 10.1. The first kappa shape index (κ1) is 22.8. The summed E-state index contributed by atoms with van der Waals surface area (Å²) in [7, 11) is -2.62. The largest absolute Gasteiger partial charge is 0.495 e. The number of rotatable bonds is 6. The molecule has 2 aromatic rings. The normalized spacial score (nSPS) is 13.1. The maximum Gasteiger partial charge on any atom is 0.251 e. The smallest absolute Gasteiger partial charge is 0.251 e. The maximum atomic E-state index is 13.4. The highest BCUT2D eigenvalue weighted by atomic mass is 32.2. The Hall–Kier alpha value is -2.52. The van der Waals surface area contributed by atoms with Gasteiger partial charge in [-0.05, 0) is 63.6 Å². The van der Waals surface area contributed by atoms with E-state index in [4.69, 9.17) is 4.74 Å². The average molecular weight is 426 g/mol. The van der Waals surface area contributed by atoms with Crippen LogP contribution in [0.2, 0.25) is 0 Å². The number of sulfonamides is 1. The van der Waals surface area contributed by atoms with E-state index in [-0.39, 0.29) is 16.2 Å². The van der Waals surface area contributed by atoms with Gasteiger partial charge >= 0.3 is 0 Å². The van der Waals surface area contributed by atoms with Crippen LogP contribution in [-0.2, 0) is 10.0 Å². The van der Waals surface area contributed by atoms with Crippen molar-refractivity contribution in [1.29, 1.82) is 0 Å². The Kier molecular flexibility index (Phi) is 6.64. The van der Waals surface area contributed by atoms with Gasteiger partial charge in [0.2, 0.25) is 10.0 Å². The predicted molar refractivity (Wildman–Crippen MR) is 105 cm³/mol. The molecule has 1 atom stereocenters. The summed E-state index contributed by atoms with van der Waals surface area (Å²) in [4.78, 5) is 12.4. The number of hydrogen-bond donors (Lipinski definition) is 2. The molecule has 29 heavy (non-hydrogen) atoms. The lowest BCUT2D eigenvalue weighted by molar-refractivity contribution is 0.0939. The van der Waals surface area contributed by atoms with E-state index in [2.05, 4.69) is 10.0 Å². The Balaban J connectivity index is 2.32. The number of methoxy groups -OCH3 is 1. The highest BCUT2D eigenvalue weighted by Crippen LogP contribution is 2.26. The van der Waals surface area contributed by atoms with Gasteiger partial charge in [-0.15, -0.1) is 0 Å². The Morgan fingerprint density at radius 2 is 1.72 bits per heavy atom. The number of carbonyl (C=O) groups excluding carboxylic acids is 1. The van der Waals surface area contributed by atoms with Gasteiger partial charge in [0.05, 0.1) is 13.2 Å². The van der Waals surface area contributed by atoms with Gasteiger partial charge in [-0.2, -0.15) is 0 Å². The molecular formula is C20H24F2N2O4S. The molecule has 1 amide bonds. The van der Waals surface area contributed by atoms with Crippen molar-refractivity contribution in [3.8, 4) is 5.75 Å². The van der Waals surface area contributed by atoms with E-state index in [0.29, 0.717) is 5.56 Å². The summed E-state index contributed by atoms with van der Waals surface area (Å²) in [6.07, 6.45) is 0. The zero-order valence-electron chi connectivity index (χ0n) is 16.8. The number of ether oxygens (including phenoxy) is 1. The van der Waals surface area contributed by atoms with Crippen LogP contribution >= 0.6 is 0 Å². The van der Waals surface area contributed by atoms with Crippen LogP contribution in [0.4, 0.5) is 8.78 Å². The van der Waals surface area contributed by atoms with Gasteiger partial charge in [0, 0.05) is 11.1 Å². The number of amides is 1. The predicted octanol–water partition coefficient (Wildman–Crippen LogP) is 3.54. The van der Waals surface area contributed by atoms with Crippen molar-refractivity contribution in [2.75, 3.05) is 7.11 Å². The fourth-order valence-corrected chi connectivity index (χ4v) is 4.25. The number of halogens is 2. The third-order valence-electron chi connectivity index (χ3n) is 3.95. The Bertz CT molecular complexity index is 1020. The molecule has 0 aliphatic heterocycles. The molecular weight excluding hydrogens is 402 g/mol. The van der Waals surface area contributed by atoms with Crippen LogP contribution < -0.4 is 14.8 Å². The van der Waals surface area contributed by atoms with E-state index < -0.39 is 39.1 Å². The first-order chi connectivity index (χ1) is 13.3. The molecule has 6 nitrogen and oxygen atoms in total. The van der Waals surface area contributed by atoms with E-state index in [1.165, 1.54) is 31.4 Å². The third-order valence-corrected chi connectivity index (χ3v) is 5.73. The number of benzene rings is 2. The lowest BCUT2D eigenvalue weighted by Crippen LogP contribution is -2.40. The topological polar surface area (TPSA) is 84.5 Å². The summed E-state index contributed by atoms with van der Waals surface area (Å²) in [5.74, 6) is -2.48. The molecule has 0 aliphatic rings. The Morgan fingerprint density at radius 3 is 2.28 bits per heavy atom. The van der Waals surface area contributed by atoms with Gasteiger partial charge in [0.15, 0.2) is 11.6 Å². The Morgan fingerprint density at radius 1 is 1.07 bits per heavy atom. The van der Waals surface area contributed by atoms with Gasteiger partial charge in [-0.1, -0.05) is 6.07 Å². The van der Waals surface area contributed by atoms with Crippen LogP contribution in [0.5, 0.6) is 5.75 Å². The monoisotopic (exact) mass is 426 g/mol. The van der Waals surface area contributed by atoms with Gasteiger partial charge < -0.3 is 10.1 Å². The zero-order valence-corrected chi connectivity index (χ0v) is 17.7. The van der Waals surface area contributed by atoms with Crippen LogP contribution in [0.3, 0.4) is 0 Å². The van der Waals surface area contributed by atoms with Crippen LogP contribution in [0.15, 0.2) is 41.3 Å². The summed E-state index contributed by atoms with van der Waals surface area (Å²) < 4.78 is 59.6. The molecule has 2 N–H and O–H groups in total. The van der Waals surface area contributed by atoms with Crippen LogP contribution in [-0.4, -0.2) is 27.0 Å². The van der Waals surface area contributed by atoms with Gasteiger partial charge in [0.1, 0.15) is 10.6 Å². The second-order valence-corrected chi connectivity index (χ2v) is 9.24. The summed E-state index contributed by atoms with van der Waals surface area (Å²) >= 11 is 0. The molecule has 0 aliphatic carbocycles. The van der Waals surface area contributed by atoms with Gasteiger partial charge in [-0.25, -0.2) is 21.9 Å². The van der Waals surface area contributed by atoms with Gasteiger partial charge in [0.25, 0.3) is 5.91 Å². The SMILES string of the molecule is COc1ccc(C(=O)NC(C)c2ccc(F)c(F)c2)cc1S(=O)(=O)NC(C)(C)C. The molecule has 2 aromatic carbocycles. The molecule has 0 aromatic heterocycles. The van der Waals surface area contributed by atoms with Crippen LogP contribution in [0.25, 0.3) is 0 Å². The molecule has 0 radical (unpaired) electrons. The minimum absolute atomic E-state index is 0.0783. The first-order valence-electron chi connectivity index (χ1n) is 8.82. The minimum atomic E-state index is -3.95. The van der Waals surface area contributed by atoms with Crippen molar-refractivity contribution in [3.05, 3.63) is 59.2 Å². The molecule has 1 unspecified atom stereocenters. The van der Waals surface area contributed by atoms with Crippen molar-refractivity contribution in [2.45, 2.75) is 44.2 Å². The van der Waals surface area contributed by atoms with Crippen LogP contribution in [0.1, 0.15) is 49.7 Å². The molecule has 9 heteroatoms. The number of carbonyl (C=O) groups is 1. The van der Waals surface area contributed by atoms with Crippen molar-refractivity contribution >= 4 is 15.9 Å². The van der Waals surface area contributed by atoms with E-state index in [1.54, 1.807) is 27.7 Å².